The molecule has 21 heavy (non-hydrogen) atoms. The predicted octanol–water partition coefficient (Wildman–Crippen LogP) is 1.45. The molecule has 2 unspecified atom stereocenters. The summed E-state index contributed by atoms with van der Waals surface area (Å²) < 4.78 is 0. The highest BCUT2D eigenvalue weighted by atomic mass is 32.2. The van der Waals surface area contributed by atoms with Gasteiger partial charge in [0, 0.05) is 11.7 Å². The Morgan fingerprint density at radius 2 is 2.24 bits per heavy atom. The van der Waals surface area contributed by atoms with Gasteiger partial charge in [-0.3, -0.25) is 9.89 Å². The summed E-state index contributed by atoms with van der Waals surface area (Å²) >= 11 is 1.52. The van der Waals surface area contributed by atoms with Crippen LogP contribution in [0.15, 0.2) is 0 Å². The number of thioether (sulfide) groups is 1. The Labute approximate surface area is 126 Å². The van der Waals surface area contributed by atoms with E-state index in [4.69, 9.17) is 0 Å². The van der Waals surface area contributed by atoms with Crippen molar-refractivity contribution in [1.29, 1.82) is 0 Å². The maximum atomic E-state index is 12.6. The third-order valence-electron chi connectivity index (χ3n) is 3.81. The number of aromatic nitrogens is 3. The third kappa shape index (κ3) is 2.76. The van der Waals surface area contributed by atoms with Crippen LogP contribution in [0.4, 0.5) is 0 Å². The molecular formula is C13H18N4O3S. The fourth-order valence-corrected chi connectivity index (χ4v) is 4.03. The predicted molar refractivity (Wildman–Crippen MR) is 77.1 cm³/mol. The molecule has 1 aliphatic heterocycles. The number of carbonyl (C=O) groups excluding carboxylic acids is 1. The molecule has 2 atom stereocenters. The molecule has 0 bridgehead atoms. The Bertz CT molecular complexity index is 557. The highest BCUT2D eigenvalue weighted by Crippen LogP contribution is 2.38. The van der Waals surface area contributed by atoms with E-state index in [0.29, 0.717) is 11.7 Å². The van der Waals surface area contributed by atoms with Gasteiger partial charge in [-0.05, 0) is 19.3 Å². The SMILES string of the molecule is CCCC1SCC(C(=O)O)N1C(=O)c1n[nH]c(C2CC2)n1. The first-order chi connectivity index (χ1) is 10.1. The zero-order valence-electron chi connectivity index (χ0n) is 11.8. The number of amides is 1. The number of nitrogens with zero attached hydrogens (tertiary/aromatic N) is 3. The van der Waals surface area contributed by atoms with Crippen LogP contribution in [0.1, 0.15) is 55.0 Å². The van der Waals surface area contributed by atoms with Crippen LogP contribution in [0, 0.1) is 0 Å². The Morgan fingerprint density at radius 1 is 1.48 bits per heavy atom. The van der Waals surface area contributed by atoms with E-state index in [1.165, 1.54) is 16.7 Å². The maximum absolute atomic E-state index is 12.6. The van der Waals surface area contributed by atoms with E-state index in [9.17, 15) is 14.7 Å². The largest absolute Gasteiger partial charge is 0.480 e. The minimum absolute atomic E-state index is 0.0896. The van der Waals surface area contributed by atoms with Gasteiger partial charge in [-0.1, -0.05) is 13.3 Å². The molecule has 0 spiro atoms. The van der Waals surface area contributed by atoms with Crippen LogP contribution in [-0.4, -0.2) is 54.2 Å². The van der Waals surface area contributed by atoms with Gasteiger partial charge >= 0.3 is 5.97 Å². The second-order valence-electron chi connectivity index (χ2n) is 5.46. The van der Waals surface area contributed by atoms with Crippen LogP contribution < -0.4 is 0 Å². The number of carboxylic acid groups (broad SMARTS) is 1. The average molecular weight is 310 g/mol. The molecule has 0 radical (unpaired) electrons. The lowest BCUT2D eigenvalue weighted by Gasteiger charge is -2.25. The first-order valence-corrected chi connectivity index (χ1v) is 8.26. The number of aromatic amines is 1. The summed E-state index contributed by atoms with van der Waals surface area (Å²) in [6.45, 7) is 2.02. The highest BCUT2D eigenvalue weighted by molar-refractivity contribution is 8.00. The van der Waals surface area contributed by atoms with Gasteiger partial charge in [0.2, 0.25) is 5.82 Å². The molecule has 0 aromatic carbocycles. The molecule has 2 N–H and O–H groups in total. The zero-order chi connectivity index (χ0) is 15.0. The molecule has 2 fully saturated rings. The van der Waals surface area contributed by atoms with E-state index >= 15 is 0 Å². The quantitative estimate of drug-likeness (QED) is 0.854. The number of hydrogen-bond donors (Lipinski definition) is 2. The number of carboxylic acids is 1. The molecule has 3 rings (SSSR count). The van der Waals surface area contributed by atoms with E-state index in [2.05, 4.69) is 15.2 Å². The summed E-state index contributed by atoms with van der Waals surface area (Å²) in [6, 6.07) is -0.790. The second-order valence-corrected chi connectivity index (χ2v) is 6.67. The maximum Gasteiger partial charge on any atom is 0.327 e. The van der Waals surface area contributed by atoms with Crippen molar-refractivity contribution in [3.63, 3.8) is 0 Å². The number of aliphatic carboxylic acids is 1. The first-order valence-electron chi connectivity index (χ1n) is 7.21. The van der Waals surface area contributed by atoms with Crippen molar-refractivity contribution in [2.24, 2.45) is 0 Å². The van der Waals surface area contributed by atoms with E-state index in [-0.39, 0.29) is 17.1 Å². The molecule has 2 aliphatic rings. The van der Waals surface area contributed by atoms with E-state index in [0.717, 1.165) is 31.5 Å². The standard InChI is InChI=1S/C13H18N4O3S/c1-2-3-9-17(8(6-21-9)13(19)20)12(18)11-14-10(15-16-11)7-4-5-7/h7-9H,2-6H2,1H3,(H,19,20)(H,14,15,16). The number of rotatable bonds is 5. The molecular weight excluding hydrogens is 292 g/mol. The molecule has 1 aromatic heterocycles. The Morgan fingerprint density at radius 3 is 2.86 bits per heavy atom. The fourth-order valence-electron chi connectivity index (χ4n) is 2.52. The number of nitrogens with one attached hydrogen (secondary N) is 1. The molecule has 114 valence electrons. The summed E-state index contributed by atoms with van der Waals surface area (Å²) in [4.78, 5) is 29.7. The molecule has 2 heterocycles. The van der Waals surface area contributed by atoms with Crippen molar-refractivity contribution in [3.05, 3.63) is 11.6 Å². The van der Waals surface area contributed by atoms with Crippen LogP contribution in [0.25, 0.3) is 0 Å². The average Bonchev–Trinajstić information content (AvgIpc) is 3.03. The lowest BCUT2D eigenvalue weighted by molar-refractivity contribution is -0.141. The van der Waals surface area contributed by atoms with Crippen molar-refractivity contribution < 1.29 is 14.7 Å². The van der Waals surface area contributed by atoms with Crippen LogP contribution in [0.5, 0.6) is 0 Å². The van der Waals surface area contributed by atoms with Gasteiger partial charge in [0.15, 0.2) is 0 Å². The topological polar surface area (TPSA) is 99.2 Å². The monoisotopic (exact) mass is 310 g/mol. The number of hydrogen-bond acceptors (Lipinski definition) is 5. The van der Waals surface area contributed by atoms with Gasteiger partial charge < -0.3 is 10.0 Å². The Balaban J connectivity index is 1.82. The summed E-state index contributed by atoms with van der Waals surface area (Å²) in [5.41, 5.74) is 0. The lowest BCUT2D eigenvalue weighted by atomic mass is 10.2. The van der Waals surface area contributed by atoms with Gasteiger partial charge in [0.05, 0.1) is 5.37 Å². The molecule has 1 saturated heterocycles. The van der Waals surface area contributed by atoms with Crippen molar-refractivity contribution >= 4 is 23.6 Å². The van der Waals surface area contributed by atoms with Crippen LogP contribution in [-0.2, 0) is 4.79 Å². The van der Waals surface area contributed by atoms with Crippen LogP contribution >= 0.6 is 11.8 Å². The van der Waals surface area contributed by atoms with Gasteiger partial charge in [-0.25, -0.2) is 9.78 Å². The summed E-state index contributed by atoms with van der Waals surface area (Å²) in [6.07, 6.45) is 3.81. The van der Waals surface area contributed by atoms with Crippen molar-refractivity contribution in [3.8, 4) is 0 Å². The van der Waals surface area contributed by atoms with E-state index in [1.54, 1.807) is 0 Å². The first kappa shape index (κ1) is 14.4. The zero-order valence-corrected chi connectivity index (χ0v) is 12.6. The molecule has 1 amide bonds. The van der Waals surface area contributed by atoms with Crippen LogP contribution in [0.3, 0.4) is 0 Å². The van der Waals surface area contributed by atoms with Gasteiger partial charge in [0.1, 0.15) is 11.9 Å². The van der Waals surface area contributed by atoms with Gasteiger partial charge in [-0.15, -0.1) is 16.9 Å². The fraction of sp³-hybridized carbons (Fsp3) is 0.692. The summed E-state index contributed by atoms with van der Waals surface area (Å²) in [5, 5.41) is 16.0. The van der Waals surface area contributed by atoms with Crippen molar-refractivity contribution in [2.45, 2.75) is 49.9 Å². The second kappa shape index (κ2) is 5.67. The minimum Gasteiger partial charge on any atom is -0.480 e. The van der Waals surface area contributed by atoms with Gasteiger partial charge in [-0.2, -0.15) is 0 Å². The Hall–Kier alpha value is -1.57. The molecule has 7 nitrogen and oxygen atoms in total. The summed E-state index contributed by atoms with van der Waals surface area (Å²) in [5.74, 6) is 0.289. The Kier molecular flexibility index (Phi) is 3.88. The third-order valence-corrected chi connectivity index (χ3v) is 5.16. The van der Waals surface area contributed by atoms with E-state index in [1.807, 2.05) is 6.92 Å². The number of carbonyl (C=O) groups is 2. The lowest BCUT2D eigenvalue weighted by Crippen LogP contribution is -2.46. The van der Waals surface area contributed by atoms with Crippen LogP contribution in [0.2, 0.25) is 0 Å². The smallest absolute Gasteiger partial charge is 0.327 e. The molecule has 1 saturated carbocycles. The number of H-pyrrole nitrogens is 1. The van der Waals surface area contributed by atoms with Gasteiger partial charge in [0.25, 0.3) is 5.91 Å². The minimum atomic E-state index is -0.965. The normalized spacial score (nSPS) is 25.3. The van der Waals surface area contributed by atoms with Crippen molar-refractivity contribution in [1.82, 2.24) is 20.1 Å². The molecule has 8 heteroatoms. The highest BCUT2D eigenvalue weighted by Gasteiger charge is 2.43. The summed E-state index contributed by atoms with van der Waals surface area (Å²) in [7, 11) is 0. The van der Waals surface area contributed by atoms with E-state index < -0.39 is 12.0 Å². The molecule has 1 aliphatic carbocycles. The van der Waals surface area contributed by atoms with Crippen molar-refractivity contribution in [2.75, 3.05) is 5.75 Å². The molecule has 1 aromatic rings.